The van der Waals surface area contributed by atoms with Crippen LogP contribution in [0.1, 0.15) is 11.1 Å². The largest absolute Gasteiger partial charge is 0.340 e. The molecular weight excluding hydrogens is 324 g/mol. The van der Waals surface area contributed by atoms with E-state index in [2.05, 4.69) is 47.3 Å². The maximum atomic E-state index is 4.87. The summed E-state index contributed by atoms with van der Waals surface area (Å²) >= 11 is 0. The fourth-order valence-corrected chi connectivity index (χ4v) is 3.42. The number of rotatable bonds is 2. The van der Waals surface area contributed by atoms with Crippen molar-refractivity contribution in [3.05, 3.63) is 66.4 Å². The second-order valence-corrected chi connectivity index (χ2v) is 6.47. The molecule has 0 aliphatic heterocycles. The number of imidazole rings is 1. The topological polar surface area (TPSA) is 68.0 Å². The molecular formula is C20H16N6. The SMILES string of the molecule is Cc1cc(C)cc(Nc2nc3c(nc4cnccn43)c3ccncc23)c1. The number of pyridine rings is 2. The molecule has 6 nitrogen and oxygen atoms in total. The Balaban J connectivity index is 1.81. The smallest absolute Gasteiger partial charge is 0.167 e. The van der Waals surface area contributed by atoms with Gasteiger partial charge in [0.15, 0.2) is 11.3 Å². The van der Waals surface area contributed by atoms with E-state index in [1.807, 2.05) is 22.9 Å². The molecule has 126 valence electrons. The lowest BCUT2D eigenvalue weighted by Crippen LogP contribution is -1.98. The third-order valence-corrected chi connectivity index (χ3v) is 4.44. The summed E-state index contributed by atoms with van der Waals surface area (Å²) in [5, 5.41) is 5.42. The van der Waals surface area contributed by atoms with Gasteiger partial charge in [-0.05, 0) is 43.2 Å². The number of aromatic nitrogens is 5. The Hall–Kier alpha value is -3.54. The van der Waals surface area contributed by atoms with Gasteiger partial charge in [-0.2, -0.15) is 0 Å². The molecule has 26 heavy (non-hydrogen) atoms. The van der Waals surface area contributed by atoms with Crippen molar-refractivity contribution in [3.63, 3.8) is 0 Å². The summed E-state index contributed by atoms with van der Waals surface area (Å²) in [7, 11) is 0. The molecule has 5 rings (SSSR count). The van der Waals surface area contributed by atoms with Crippen LogP contribution in [-0.2, 0) is 0 Å². The van der Waals surface area contributed by atoms with Crippen LogP contribution in [0.25, 0.3) is 27.6 Å². The number of benzene rings is 1. The lowest BCUT2D eigenvalue weighted by molar-refractivity contribution is 1.13. The average molecular weight is 340 g/mol. The zero-order chi connectivity index (χ0) is 17.7. The van der Waals surface area contributed by atoms with Crippen LogP contribution in [0.4, 0.5) is 11.5 Å². The molecule has 5 aromatic rings. The van der Waals surface area contributed by atoms with E-state index in [4.69, 9.17) is 9.97 Å². The van der Waals surface area contributed by atoms with Crippen LogP contribution in [0.15, 0.2) is 55.2 Å². The second-order valence-electron chi connectivity index (χ2n) is 6.47. The highest BCUT2D eigenvalue weighted by atomic mass is 15.1. The van der Waals surface area contributed by atoms with E-state index < -0.39 is 0 Å². The molecule has 0 atom stereocenters. The first-order valence-corrected chi connectivity index (χ1v) is 8.40. The first-order chi connectivity index (χ1) is 12.7. The number of nitrogens with one attached hydrogen (secondary N) is 1. The van der Waals surface area contributed by atoms with Gasteiger partial charge in [0.05, 0.1) is 6.20 Å². The van der Waals surface area contributed by atoms with E-state index in [1.165, 1.54) is 11.1 Å². The molecule has 0 amide bonds. The quantitative estimate of drug-likeness (QED) is 0.522. The maximum absolute atomic E-state index is 4.87. The number of aryl methyl sites for hydroxylation is 2. The van der Waals surface area contributed by atoms with Crippen molar-refractivity contribution in [3.8, 4) is 0 Å². The van der Waals surface area contributed by atoms with Crippen molar-refractivity contribution in [2.45, 2.75) is 13.8 Å². The molecule has 1 aromatic carbocycles. The summed E-state index contributed by atoms with van der Waals surface area (Å²) in [5.74, 6) is 0.768. The number of nitrogens with zero attached hydrogens (tertiary/aromatic N) is 5. The number of hydrogen-bond donors (Lipinski definition) is 1. The van der Waals surface area contributed by atoms with Gasteiger partial charge in [-0.25, -0.2) is 9.97 Å². The minimum absolute atomic E-state index is 0.768. The van der Waals surface area contributed by atoms with Crippen LogP contribution in [0.3, 0.4) is 0 Å². The molecule has 0 saturated heterocycles. The Morgan fingerprint density at radius 3 is 2.54 bits per heavy atom. The van der Waals surface area contributed by atoms with Crippen molar-refractivity contribution in [2.24, 2.45) is 0 Å². The number of fused-ring (bicyclic) bond motifs is 5. The predicted molar refractivity (Wildman–Crippen MR) is 103 cm³/mol. The third kappa shape index (κ3) is 2.27. The highest BCUT2D eigenvalue weighted by molar-refractivity contribution is 6.08. The van der Waals surface area contributed by atoms with Crippen LogP contribution < -0.4 is 5.32 Å². The lowest BCUT2D eigenvalue weighted by Gasteiger charge is -2.11. The van der Waals surface area contributed by atoms with E-state index in [0.29, 0.717) is 0 Å². The predicted octanol–water partition coefficient (Wildman–Crippen LogP) is 4.19. The summed E-state index contributed by atoms with van der Waals surface area (Å²) in [4.78, 5) is 18.0. The second kappa shape index (κ2) is 5.49. The highest BCUT2D eigenvalue weighted by Crippen LogP contribution is 2.30. The minimum atomic E-state index is 0.768. The first-order valence-electron chi connectivity index (χ1n) is 8.40. The van der Waals surface area contributed by atoms with Crippen LogP contribution in [0, 0.1) is 13.8 Å². The van der Waals surface area contributed by atoms with Crippen LogP contribution in [0.2, 0.25) is 0 Å². The van der Waals surface area contributed by atoms with Gasteiger partial charge in [-0.15, -0.1) is 0 Å². The molecule has 1 N–H and O–H groups in total. The van der Waals surface area contributed by atoms with Crippen molar-refractivity contribution in [1.29, 1.82) is 0 Å². The maximum Gasteiger partial charge on any atom is 0.167 e. The molecule has 0 unspecified atom stereocenters. The highest BCUT2D eigenvalue weighted by Gasteiger charge is 2.14. The van der Waals surface area contributed by atoms with E-state index in [-0.39, 0.29) is 0 Å². The van der Waals surface area contributed by atoms with Gasteiger partial charge in [0.25, 0.3) is 0 Å². The Labute approximate surface area is 149 Å². The summed E-state index contributed by atoms with van der Waals surface area (Å²) in [5.41, 5.74) is 5.84. The third-order valence-electron chi connectivity index (χ3n) is 4.44. The summed E-state index contributed by atoms with van der Waals surface area (Å²) in [6, 6.07) is 8.35. The Morgan fingerprint density at radius 2 is 1.69 bits per heavy atom. The molecule has 6 heteroatoms. The fourth-order valence-electron chi connectivity index (χ4n) is 3.42. The van der Waals surface area contributed by atoms with E-state index in [9.17, 15) is 0 Å². The van der Waals surface area contributed by atoms with E-state index in [1.54, 1.807) is 18.6 Å². The monoisotopic (exact) mass is 340 g/mol. The summed E-state index contributed by atoms with van der Waals surface area (Å²) < 4.78 is 1.95. The van der Waals surface area contributed by atoms with Crippen LogP contribution in [-0.4, -0.2) is 24.3 Å². The molecule has 0 bridgehead atoms. The Kier molecular flexibility index (Phi) is 3.12. The molecule has 4 heterocycles. The normalized spacial score (nSPS) is 11.5. The summed E-state index contributed by atoms with van der Waals surface area (Å²) in [6.45, 7) is 4.18. The zero-order valence-electron chi connectivity index (χ0n) is 14.4. The zero-order valence-corrected chi connectivity index (χ0v) is 14.4. The van der Waals surface area contributed by atoms with Gasteiger partial charge in [-0.3, -0.25) is 14.4 Å². The van der Waals surface area contributed by atoms with Gasteiger partial charge in [0.2, 0.25) is 0 Å². The molecule has 4 aromatic heterocycles. The summed E-state index contributed by atoms with van der Waals surface area (Å²) in [6.07, 6.45) is 8.97. The molecule has 0 radical (unpaired) electrons. The van der Waals surface area contributed by atoms with Crippen molar-refractivity contribution < 1.29 is 0 Å². The molecule has 0 aliphatic carbocycles. The number of anilines is 2. The molecule has 0 saturated carbocycles. The van der Waals surface area contributed by atoms with Crippen LogP contribution >= 0.6 is 0 Å². The lowest BCUT2D eigenvalue weighted by atomic mass is 10.1. The van der Waals surface area contributed by atoms with Crippen LogP contribution in [0.5, 0.6) is 0 Å². The Morgan fingerprint density at radius 1 is 0.885 bits per heavy atom. The van der Waals surface area contributed by atoms with E-state index >= 15 is 0 Å². The van der Waals surface area contributed by atoms with Crippen molar-refractivity contribution in [1.82, 2.24) is 24.3 Å². The van der Waals surface area contributed by atoms with Gasteiger partial charge in [-0.1, -0.05) is 6.07 Å². The molecule has 0 aliphatic rings. The van der Waals surface area contributed by atoms with Gasteiger partial charge >= 0.3 is 0 Å². The molecule has 0 fully saturated rings. The average Bonchev–Trinajstić information content (AvgIpc) is 3.00. The van der Waals surface area contributed by atoms with Gasteiger partial charge in [0.1, 0.15) is 11.3 Å². The van der Waals surface area contributed by atoms with Crippen molar-refractivity contribution >= 4 is 39.1 Å². The first kappa shape index (κ1) is 14.8. The molecule has 0 spiro atoms. The van der Waals surface area contributed by atoms with Crippen molar-refractivity contribution in [2.75, 3.05) is 5.32 Å². The number of hydrogen-bond acceptors (Lipinski definition) is 5. The fraction of sp³-hybridized carbons (Fsp3) is 0.100. The van der Waals surface area contributed by atoms with Gasteiger partial charge in [0, 0.05) is 41.2 Å². The van der Waals surface area contributed by atoms with Gasteiger partial charge < -0.3 is 5.32 Å². The Bertz CT molecular complexity index is 1270. The minimum Gasteiger partial charge on any atom is -0.340 e. The van der Waals surface area contributed by atoms with E-state index in [0.717, 1.165) is 39.1 Å². The standard InChI is InChI=1S/C20H16N6/c1-12-7-13(2)9-14(8-12)23-19-16-10-21-4-3-15(16)18-20(25-19)26-6-5-22-11-17(26)24-18/h3-11H,1-2H3,(H,23,25).